The summed E-state index contributed by atoms with van der Waals surface area (Å²) in [5.74, 6) is 0.404. The van der Waals surface area contributed by atoms with Crippen LogP contribution < -0.4 is 21.5 Å². The second-order valence-corrected chi connectivity index (χ2v) is 6.06. The van der Waals surface area contributed by atoms with Crippen molar-refractivity contribution in [1.29, 1.82) is 0 Å². The number of nitrogens with one attached hydrogen (secondary N) is 2. The van der Waals surface area contributed by atoms with Gasteiger partial charge in [0.25, 0.3) is 5.56 Å². The van der Waals surface area contributed by atoms with E-state index in [1.165, 1.54) is 13.2 Å². The van der Waals surface area contributed by atoms with Gasteiger partial charge < -0.3 is 15.2 Å². The number of carbonyl (C=O) groups excluding carboxylic acids is 1. The molecule has 1 fully saturated rings. The van der Waals surface area contributed by atoms with E-state index in [1.54, 1.807) is 18.5 Å². The predicted molar refractivity (Wildman–Crippen MR) is 91.4 cm³/mol. The Labute approximate surface area is 143 Å². The van der Waals surface area contributed by atoms with E-state index in [9.17, 15) is 14.4 Å². The van der Waals surface area contributed by atoms with Crippen LogP contribution in [0, 0.1) is 0 Å². The Morgan fingerprint density at radius 1 is 1.36 bits per heavy atom. The molecule has 1 aliphatic rings. The number of carbonyl (C=O) groups is 1. The van der Waals surface area contributed by atoms with Gasteiger partial charge in [-0.25, -0.2) is 14.8 Å². The third-order valence-corrected chi connectivity index (χ3v) is 4.23. The van der Waals surface area contributed by atoms with Gasteiger partial charge in [-0.2, -0.15) is 0 Å². The maximum Gasteiger partial charge on any atom is 0.328 e. The number of hydrogen-bond acceptors (Lipinski definition) is 6. The van der Waals surface area contributed by atoms with Crippen molar-refractivity contribution in [2.45, 2.75) is 25.3 Å². The molecule has 2 N–H and O–H groups in total. The van der Waals surface area contributed by atoms with Crippen LogP contribution in [0.1, 0.15) is 18.4 Å². The molecule has 25 heavy (non-hydrogen) atoms. The van der Waals surface area contributed by atoms with Gasteiger partial charge in [0.1, 0.15) is 0 Å². The van der Waals surface area contributed by atoms with Crippen LogP contribution in [0.5, 0.6) is 0 Å². The molecule has 0 radical (unpaired) electrons. The Morgan fingerprint density at radius 3 is 2.88 bits per heavy atom. The van der Waals surface area contributed by atoms with Crippen molar-refractivity contribution in [3.63, 3.8) is 0 Å². The summed E-state index contributed by atoms with van der Waals surface area (Å²) >= 11 is 0. The van der Waals surface area contributed by atoms with Crippen LogP contribution >= 0.6 is 0 Å². The first kappa shape index (κ1) is 16.9. The Morgan fingerprint density at radius 2 is 2.12 bits per heavy atom. The number of rotatable bonds is 4. The number of anilines is 1. The molecule has 1 saturated heterocycles. The van der Waals surface area contributed by atoms with Gasteiger partial charge in [-0.1, -0.05) is 0 Å². The summed E-state index contributed by atoms with van der Waals surface area (Å²) in [7, 11) is 1.38. The van der Waals surface area contributed by atoms with E-state index in [-0.39, 0.29) is 23.9 Å². The van der Waals surface area contributed by atoms with Gasteiger partial charge in [-0.15, -0.1) is 0 Å². The lowest BCUT2D eigenvalue weighted by Crippen LogP contribution is -2.49. The minimum absolute atomic E-state index is 0.0309. The number of piperidine rings is 1. The van der Waals surface area contributed by atoms with E-state index in [0.717, 1.165) is 24.0 Å². The molecular weight excluding hydrogens is 324 g/mol. The molecular formula is C16H20N6O3. The minimum atomic E-state index is -0.500. The third kappa shape index (κ3) is 3.93. The van der Waals surface area contributed by atoms with Crippen molar-refractivity contribution in [3.05, 3.63) is 51.1 Å². The normalized spacial score (nSPS) is 17.3. The molecule has 0 spiro atoms. The van der Waals surface area contributed by atoms with Crippen molar-refractivity contribution >= 4 is 11.9 Å². The topological polar surface area (TPSA) is 113 Å². The lowest BCUT2D eigenvalue weighted by atomic mass is 10.1. The fourth-order valence-corrected chi connectivity index (χ4v) is 2.92. The molecule has 1 atom stereocenters. The van der Waals surface area contributed by atoms with Crippen molar-refractivity contribution in [3.8, 4) is 0 Å². The Bertz CT molecular complexity index is 860. The monoisotopic (exact) mass is 344 g/mol. The molecule has 9 heteroatoms. The highest BCUT2D eigenvalue weighted by molar-refractivity contribution is 5.78. The molecule has 2 aromatic rings. The average molecular weight is 344 g/mol. The Kier molecular flexibility index (Phi) is 4.92. The van der Waals surface area contributed by atoms with E-state index in [2.05, 4.69) is 20.3 Å². The van der Waals surface area contributed by atoms with Crippen molar-refractivity contribution in [2.24, 2.45) is 7.05 Å². The number of aromatic nitrogens is 4. The molecule has 9 nitrogen and oxygen atoms in total. The number of nitrogens with zero attached hydrogens (tertiary/aromatic N) is 4. The van der Waals surface area contributed by atoms with Gasteiger partial charge in [0, 0.05) is 50.3 Å². The molecule has 0 aliphatic carbocycles. The van der Waals surface area contributed by atoms with Gasteiger partial charge in [0.2, 0.25) is 11.9 Å². The summed E-state index contributed by atoms with van der Waals surface area (Å²) in [5, 5.41) is 2.95. The lowest BCUT2D eigenvalue weighted by Gasteiger charge is -2.33. The molecule has 0 aromatic carbocycles. The molecule has 2 aromatic heterocycles. The van der Waals surface area contributed by atoms with Gasteiger partial charge in [0.05, 0.1) is 6.42 Å². The first-order valence-corrected chi connectivity index (χ1v) is 8.13. The van der Waals surface area contributed by atoms with E-state index >= 15 is 0 Å². The van der Waals surface area contributed by atoms with Crippen LogP contribution in [0.2, 0.25) is 0 Å². The molecule has 132 valence electrons. The summed E-state index contributed by atoms with van der Waals surface area (Å²) < 4.78 is 0.956. The third-order valence-electron chi connectivity index (χ3n) is 4.23. The second kappa shape index (κ2) is 7.29. The average Bonchev–Trinajstić information content (AvgIpc) is 2.63. The van der Waals surface area contributed by atoms with Gasteiger partial charge in [-0.05, 0) is 18.9 Å². The molecule has 0 unspecified atom stereocenters. The Balaban J connectivity index is 1.62. The zero-order valence-electron chi connectivity index (χ0n) is 13.9. The first-order valence-electron chi connectivity index (χ1n) is 8.13. The standard InChI is InChI=1S/C16H20N6O3/c1-21-14(24)11(9-19-16(21)25)8-13(23)20-12-4-2-7-22(10-12)15-17-5-3-6-18-15/h3,5-6,9,12H,2,4,7-8,10H2,1H3,(H,19,25)(H,20,23)/t12-/m1/s1. The molecule has 0 saturated carbocycles. The van der Waals surface area contributed by atoms with E-state index in [4.69, 9.17) is 0 Å². The molecule has 0 bridgehead atoms. The van der Waals surface area contributed by atoms with E-state index in [1.807, 2.05) is 4.90 Å². The summed E-state index contributed by atoms with van der Waals surface area (Å²) in [6.45, 7) is 1.47. The van der Waals surface area contributed by atoms with Crippen LogP contribution in [-0.2, 0) is 18.3 Å². The fourth-order valence-electron chi connectivity index (χ4n) is 2.92. The predicted octanol–water partition coefficient (Wildman–Crippen LogP) is -0.809. The fraction of sp³-hybridized carbons (Fsp3) is 0.438. The summed E-state index contributed by atoms with van der Waals surface area (Å²) in [4.78, 5) is 48.6. The highest BCUT2D eigenvalue weighted by atomic mass is 16.2. The van der Waals surface area contributed by atoms with Crippen molar-refractivity contribution in [2.75, 3.05) is 18.0 Å². The van der Waals surface area contributed by atoms with Gasteiger partial charge >= 0.3 is 5.69 Å². The summed E-state index contributed by atoms with van der Waals surface area (Å²) in [5.41, 5.74) is -0.694. The Hall–Kier alpha value is -2.97. The van der Waals surface area contributed by atoms with E-state index in [0.29, 0.717) is 12.5 Å². The van der Waals surface area contributed by atoms with Crippen LogP contribution in [0.25, 0.3) is 0 Å². The minimum Gasteiger partial charge on any atom is -0.351 e. The maximum atomic E-state index is 12.3. The number of aromatic amines is 1. The molecule has 1 aliphatic heterocycles. The molecule has 3 heterocycles. The van der Waals surface area contributed by atoms with Crippen LogP contribution in [0.4, 0.5) is 5.95 Å². The zero-order chi connectivity index (χ0) is 17.8. The zero-order valence-corrected chi connectivity index (χ0v) is 13.9. The van der Waals surface area contributed by atoms with Crippen molar-refractivity contribution in [1.82, 2.24) is 24.8 Å². The van der Waals surface area contributed by atoms with Crippen LogP contribution in [0.3, 0.4) is 0 Å². The van der Waals surface area contributed by atoms with Gasteiger partial charge in [-0.3, -0.25) is 14.2 Å². The highest BCUT2D eigenvalue weighted by Crippen LogP contribution is 2.15. The second-order valence-electron chi connectivity index (χ2n) is 6.06. The number of H-pyrrole nitrogens is 1. The number of amides is 1. The SMILES string of the molecule is Cn1c(=O)[nH]cc(CC(=O)N[C@@H]2CCCN(c3ncccn3)C2)c1=O. The summed E-state index contributed by atoms with van der Waals surface area (Å²) in [6, 6.07) is 1.73. The highest BCUT2D eigenvalue weighted by Gasteiger charge is 2.23. The quantitative estimate of drug-likeness (QED) is 0.750. The molecule has 3 rings (SSSR count). The first-order chi connectivity index (χ1) is 12.0. The lowest BCUT2D eigenvalue weighted by molar-refractivity contribution is -0.121. The summed E-state index contributed by atoms with van der Waals surface area (Å²) in [6.07, 6.45) is 6.40. The van der Waals surface area contributed by atoms with Crippen LogP contribution in [0.15, 0.2) is 34.2 Å². The largest absolute Gasteiger partial charge is 0.351 e. The van der Waals surface area contributed by atoms with Crippen LogP contribution in [-0.4, -0.2) is 44.6 Å². The number of hydrogen-bond donors (Lipinski definition) is 2. The van der Waals surface area contributed by atoms with Gasteiger partial charge in [0.15, 0.2) is 0 Å². The maximum absolute atomic E-state index is 12.3. The smallest absolute Gasteiger partial charge is 0.328 e. The van der Waals surface area contributed by atoms with Crippen molar-refractivity contribution < 1.29 is 4.79 Å². The van der Waals surface area contributed by atoms with E-state index < -0.39 is 11.2 Å². The molecule has 1 amide bonds.